The first-order chi connectivity index (χ1) is 19.5. The van der Waals surface area contributed by atoms with Crippen LogP contribution < -0.4 is 10.6 Å². The lowest BCUT2D eigenvalue weighted by Gasteiger charge is -2.17. The molecule has 4 aromatic rings. The Kier molecular flexibility index (Phi) is 8.52. The van der Waals surface area contributed by atoms with Crippen molar-refractivity contribution in [2.75, 3.05) is 25.6 Å². The molecular formula is C31H39N8O+. The Hall–Kier alpha value is -4.08. The minimum Gasteiger partial charge on any atom is -0.383 e. The van der Waals surface area contributed by atoms with Crippen LogP contribution in [0.15, 0.2) is 60.6 Å². The summed E-state index contributed by atoms with van der Waals surface area (Å²) in [5.74, 6) is 1.22. The number of quaternary nitrogens is 1. The van der Waals surface area contributed by atoms with Gasteiger partial charge in [0.1, 0.15) is 6.20 Å². The smallest absolute Gasteiger partial charge is 0.228 e. The fourth-order valence-electron chi connectivity index (χ4n) is 4.97. The standard InChI is InChI=1S/C31H38N8O/c1-6-21(3)18-25(19-32-7-2)22-8-10-23(11-9-22)30-28-26(36-38(30)4)13-12-24-20-33-31(35-29(24)28)34-27-14-15-39(37-27)16-17-40-5/h8-11,14-15,18-20,32H,6-7,12-13,16-17H2,1-5H3,(H,33,34,35,37)/p+1/b21-18+,25-19+. The second-order valence-electron chi connectivity index (χ2n) is 10.1. The quantitative estimate of drug-likeness (QED) is 0.272. The van der Waals surface area contributed by atoms with Gasteiger partial charge in [-0.05, 0) is 44.2 Å². The highest BCUT2D eigenvalue weighted by atomic mass is 16.5. The van der Waals surface area contributed by atoms with E-state index in [0.717, 1.165) is 59.6 Å². The van der Waals surface area contributed by atoms with Gasteiger partial charge in [-0.15, -0.1) is 0 Å². The summed E-state index contributed by atoms with van der Waals surface area (Å²) in [4.78, 5) is 9.56. The number of anilines is 2. The summed E-state index contributed by atoms with van der Waals surface area (Å²) >= 11 is 0. The molecule has 5 rings (SSSR count). The molecule has 0 unspecified atom stereocenters. The van der Waals surface area contributed by atoms with Gasteiger partial charge in [0.15, 0.2) is 5.82 Å². The highest BCUT2D eigenvalue weighted by molar-refractivity contribution is 5.85. The molecule has 0 spiro atoms. The van der Waals surface area contributed by atoms with Gasteiger partial charge < -0.3 is 15.4 Å². The lowest BCUT2D eigenvalue weighted by Crippen LogP contribution is -2.77. The highest BCUT2D eigenvalue weighted by Crippen LogP contribution is 2.40. The zero-order valence-corrected chi connectivity index (χ0v) is 24.1. The van der Waals surface area contributed by atoms with E-state index in [1.807, 2.05) is 34.9 Å². The molecule has 9 heteroatoms. The van der Waals surface area contributed by atoms with E-state index in [0.29, 0.717) is 24.9 Å². The predicted octanol–water partition coefficient (Wildman–Crippen LogP) is 4.51. The Morgan fingerprint density at radius 1 is 1.12 bits per heavy atom. The lowest BCUT2D eigenvalue weighted by atomic mass is 9.91. The van der Waals surface area contributed by atoms with Crippen LogP contribution in [0.3, 0.4) is 0 Å². The molecule has 3 heterocycles. The number of nitrogens with two attached hydrogens (primary N) is 1. The number of hydrogen-bond acceptors (Lipinski definition) is 6. The lowest BCUT2D eigenvalue weighted by molar-refractivity contribution is -0.583. The van der Waals surface area contributed by atoms with Gasteiger partial charge >= 0.3 is 0 Å². The monoisotopic (exact) mass is 539 g/mol. The van der Waals surface area contributed by atoms with Gasteiger partial charge in [0.2, 0.25) is 5.95 Å². The van der Waals surface area contributed by atoms with E-state index in [9.17, 15) is 0 Å². The summed E-state index contributed by atoms with van der Waals surface area (Å²) in [5, 5.41) is 14.9. The van der Waals surface area contributed by atoms with Crippen molar-refractivity contribution in [3.63, 3.8) is 0 Å². The maximum absolute atomic E-state index is 5.15. The van der Waals surface area contributed by atoms with Crippen LogP contribution >= 0.6 is 0 Å². The van der Waals surface area contributed by atoms with Gasteiger partial charge in [0.25, 0.3) is 0 Å². The molecule has 0 atom stereocenters. The maximum Gasteiger partial charge on any atom is 0.228 e. The number of hydrogen-bond donors (Lipinski definition) is 2. The first-order valence-electron chi connectivity index (χ1n) is 14.0. The molecule has 0 saturated heterocycles. The van der Waals surface area contributed by atoms with Crippen LogP contribution in [0.25, 0.3) is 28.1 Å². The van der Waals surface area contributed by atoms with E-state index in [1.165, 1.54) is 16.7 Å². The first kappa shape index (κ1) is 27.5. The van der Waals surface area contributed by atoms with Crippen LogP contribution in [0, 0.1) is 0 Å². The third-order valence-electron chi connectivity index (χ3n) is 7.24. The number of rotatable bonds is 11. The van der Waals surface area contributed by atoms with Crippen LogP contribution in [0.2, 0.25) is 0 Å². The van der Waals surface area contributed by atoms with Gasteiger partial charge in [-0.25, -0.2) is 9.97 Å². The number of nitrogens with one attached hydrogen (secondary N) is 1. The van der Waals surface area contributed by atoms with E-state index in [-0.39, 0.29) is 0 Å². The molecule has 3 aromatic heterocycles. The van der Waals surface area contributed by atoms with Gasteiger partial charge in [-0.3, -0.25) is 9.36 Å². The Bertz CT molecular complexity index is 1530. The van der Waals surface area contributed by atoms with Crippen molar-refractivity contribution in [1.29, 1.82) is 0 Å². The molecule has 1 aliphatic rings. The average Bonchev–Trinajstić information content (AvgIpc) is 3.57. The zero-order valence-electron chi connectivity index (χ0n) is 24.1. The number of benzene rings is 1. The summed E-state index contributed by atoms with van der Waals surface area (Å²) in [7, 11) is 3.70. The SMILES string of the molecule is CC[NH2+]/C=C(\C=C(/C)CC)c1ccc(-c2c3c(nn2C)CCc2cnc(Nc4ccn(CCOC)n4)nc2-3)cc1. The molecule has 0 saturated carbocycles. The minimum absolute atomic E-state index is 0.522. The third-order valence-corrected chi connectivity index (χ3v) is 7.24. The zero-order chi connectivity index (χ0) is 28.1. The molecule has 1 aromatic carbocycles. The molecular weight excluding hydrogens is 500 g/mol. The summed E-state index contributed by atoms with van der Waals surface area (Å²) in [6.45, 7) is 8.85. The molecule has 208 valence electrons. The van der Waals surface area contributed by atoms with E-state index in [2.05, 4.69) is 78.0 Å². The topological polar surface area (TPSA) is 99.3 Å². The predicted molar refractivity (Wildman–Crippen MR) is 159 cm³/mol. The molecule has 0 aliphatic heterocycles. The second kappa shape index (κ2) is 12.4. The van der Waals surface area contributed by atoms with Crippen molar-refractivity contribution < 1.29 is 10.1 Å². The van der Waals surface area contributed by atoms with Crippen molar-refractivity contribution in [3.8, 4) is 22.5 Å². The Labute approximate surface area is 236 Å². The second-order valence-corrected chi connectivity index (χ2v) is 10.1. The Morgan fingerprint density at radius 3 is 2.70 bits per heavy atom. The number of ether oxygens (including phenoxy) is 1. The molecule has 0 amide bonds. The molecule has 0 fully saturated rings. The van der Waals surface area contributed by atoms with Gasteiger partial charge in [0.05, 0.1) is 36.8 Å². The van der Waals surface area contributed by atoms with Crippen LogP contribution in [-0.2, 0) is 31.2 Å². The molecule has 3 N–H and O–H groups in total. The minimum atomic E-state index is 0.522. The van der Waals surface area contributed by atoms with Crippen LogP contribution in [0.4, 0.5) is 11.8 Å². The molecule has 9 nitrogen and oxygen atoms in total. The summed E-state index contributed by atoms with van der Waals surface area (Å²) in [5.41, 5.74) is 10.2. The molecule has 0 bridgehead atoms. The number of aryl methyl sites for hydroxylation is 3. The van der Waals surface area contributed by atoms with Gasteiger partial charge in [-0.1, -0.05) is 42.8 Å². The van der Waals surface area contributed by atoms with Crippen molar-refractivity contribution in [2.24, 2.45) is 7.05 Å². The number of fused-ring (bicyclic) bond motifs is 3. The normalized spacial score (nSPS) is 13.3. The number of nitrogens with zero attached hydrogens (tertiary/aromatic N) is 6. The van der Waals surface area contributed by atoms with Gasteiger partial charge in [0, 0.05) is 49.3 Å². The first-order valence-corrected chi connectivity index (χ1v) is 14.0. The van der Waals surface area contributed by atoms with Gasteiger partial charge in [-0.2, -0.15) is 10.2 Å². The van der Waals surface area contributed by atoms with E-state index in [4.69, 9.17) is 14.8 Å². The average molecular weight is 540 g/mol. The Morgan fingerprint density at radius 2 is 1.95 bits per heavy atom. The molecule has 40 heavy (non-hydrogen) atoms. The fraction of sp³-hybridized carbons (Fsp3) is 0.355. The van der Waals surface area contributed by atoms with Crippen molar-refractivity contribution in [3.05, 3.63) is 77.4 Å². The van der Waals surface area contributed by atoms with Crippen LogP contribution in [0.1, 0.15) is 44.0 Å². The largest absolute Gasteiger partial charge is 0.383 e. The van der Waals surface area contributed by atoms with Crippen molar-refractivity contribution in [1.82, 2.24) is 29.5 Å². The summed E-state index contributed by atoms with van der Waals surface area (Å²) in [6, 6.07) is 10.7. The highest BCUT2D eigenvalue weighted by Gasteiger charge is 2.27. The number of methoxy groups -OCH3 is 1. The third kappa shape index (κ3) is 5.90. The maximum atomic E-state index is 5.15. The van der Waals surface area contributed by atoms with Crippen molar-refractivity contribution in [2.45, 2.75) is 46.6 Å². The van der Waals surface area contributed by atoms with Crippen molar-refractivity contribution >= 4 is 17.3 Å². The van der Waals surface area contributed by atoms with E-state index in [1.54, 1.807) is 7.11 Å². The molecule has 1 aliphatic carbocycles. The number of aromatic nitrogens is 6. The fourth-order valence-corrected chi connectivity index (χ4v) is 4.97. The number of allylic oxidation sites excluding steroid dienone is 3. The Balaban J connectivity index is 1.47. The summed E-state index contributed by atoms with van der Waals surface area (Å²) < 4.78 is 8.98. The summed E-state index contributed by atoms with van der Waals surface area (Å²) in [6.07, 6.45) is 11.1. The van der Waals surface area contributed by atoms with Crippen LogP contribution in [-0.4, -0.2) is 49.8 Å². The van der Waals surface area contributed by atoms with E-state index >= 15 is 0 Å². The van der Waals surface area contributed by atoms with E-state index < -0.39 is 0 Å². The van der Waals surface area contributed by atoms with Crippen LogP contribution in [0.5, 0.6) is 0 Å². The molecule has 0 radical (unpaired) electrons.